The van der Waals surface area contributed by atoms with Crippen LogP contribution in [0.3, 0.4) is 0 Å². The number of pyridine rings is 1. The van der Waals surface area contributed by atoms with E-state index in [4.69, 9.17) is 21.2 Å². The molecule has 0 aliphatic carbocycles. The number of ether oxygens (including phenoxy) is 1. The number of nitrogens with zero attached hydrogens (tertiary/aromatic N) is 2. The summed E-state index contributed by atoms with van der Waals surface area (Å²) in [5.41, 5.74) is 13.7. The number of hydrogen-bond donors (Lipinski definition) is 5. The van der Waals surface area contributed by atoms with Crippen molar-refractivity contribution in [3.05, 3.63) is 41.5 Å². The Morgan fingerprint density at radius 1 is 1.32 bits per heavy atom. The lowest BCUT2D eigenvalue weighted by atomic mass is 10.0. The second-order valence-corrected chi connectivity index (χ2v) is 9.53. The first-order valence-corrected chi connectivity index (χ1v) is 12.3. The molecule has 182 valence electrons. The van der Waals surface area contributed by atoms with Gasteiger partial charge in [0, 0.05) is 31.1 Å². The number of phenols is 1. The number of aliphatic hydroxyl groups is 1. The largest absolute Gasteiger partial charge is 0.508 e. The van der Waals surface area contributed by atoms with E-state index in [-0.39, 0.29) is 5.75 Å². The number of primary amides is 1. The molecule has 1 saturated heterocycles. The number of rotatable bonds is 8. The summed E-state index contributed by atoms with van der Waals surface area (Å²) in [5, 5.41) is 24.4. The van der Waals surface area contributed by atoms with Gasteiger partial charge in [-0.1, -0.05) is 36.8 Å². The van der Waals surface area contributed by atoms with Crippen molar-refractivity contribution in [2.45, 2.75) is 44.8 Å². The summed E-state index contributed by atoms with van der Waals surface area (Å²) in [4.78, 5) is 19.1. The zero-order valence-electron chi connectivity index (χ0n) is 19.2. The van der Waals surface area contributed by atoms with Gasteiger partial charge in [-0.15, -0.1) is 0 Å². The van der Waals surface area contributed by atoms with E-state index in [0.717, 1.165) is 65.9 Å². The monoisotopic (exact) mass is 485 g/mol. The molecule has 1 amide bonds. The van der Waals surface area contributed by atoms with Crippen LogP contribution >= 0.6 is 11.3 Å². The number of thiophene rings is 1. The molecule has 7 N–H and O–H groups in total. The van der Waals surface area contributed by atoms with Gasteiger partial charge >= 0.3 is 6.09 Å². The number of nitrogen functional groups attached to an aromatic ring is 1. The van der Waals surface area contributed by atoms with Gasteiger partial charge in [-0.25, -0.2) is 9.78 Å². The number of anilines is 2. The maximum absolute atomic E-state index is 11.2. The topological polar surface area (TPSA) is 147 Å². The van der Waals surface area contributed by atoms with Gasteiger partial charge in [0.2, 0.25) is 5.06 Å². The summed E-state index contributed by atoms with van der Waals surface area (Å²) in [6.45, 7) is 4.24. The molecule has 1 atom stereocenters. The van der Waals surface area contributed by atoms with Crippen LogP contribution in [0.15, 0.2) is 30.3 Å². The Labute approximate surface area is 202 Å². The number of benzene rings is 1. The Bertz CT molecular complexity index is 1140. The first-order valence-electron chi connectivity index (χ1n) is 11.5. The minimum Gasteiger partial charge on any atom is -0.508 e. The van der Waals surface area contributed by atoms with Crippen molar-refractivity contribution >= 4 is 39.2 Å². The Balaban J connectivity index is 1.42. The summed E-state index contributed by atoms with van der Waals surface area (Å²) in [7, 11) is 0. The van der Waals surface area contributed by atoms with Gasteiger partial charge in [-0.2, -0.15) is 0 Å². The third-order valence-electron chi connectivity index (χ3n) is 6.14. The molecule has 0 bridgehead atoms. The van der Waals surface area contributed by atoms with E-state index in [9.17, 15) is 15.0 Å². The molecule has 10 heteroatoms. The minimum atomic E-state index is -0.888. The molecule has 0 radical (unpaired) electrons. The predicted molar refractivity (Wildman–Crippen MR) is 135 cm³/mol. The average Bonchev–Trinajstić information content (AvgIpc) is 3.13. The lowest BCUT2D eigenvalue weighted by Crippen LogP contribution is -2.44. The van der Waals surface area contributed by atoms with Crippen LogP contribution in [0, 0.1) is 0 Å². The van der Waals surface area contributed by atoms with E-state index in [2.05, 4.69) is 23.2 Å². The maximum Gasteiger partial charge on any atom is 0.410 e. The number of piperidine rings is 1. The SMILES string of the molecule is CCCc1cc(N2CCC(NCC(O)c3ccc(O)cc3)CC2)nc2sc(OC(N)=O)c(N)c12. The number of aromatic hydroxyl groups is 1. The van der Waals surface area contributed by atoms with Crippen molar-refractivity contribution in [1.29, 1.82) is 0 Å². The highest BCUT2D eigenvalue weighted by Gasteiger charge is 2.24. The highest BCUT2D eigenvalue weighted by Crippen LogP contribution is 2.42. The van der Waals surface area contributed by atoms with Gasteiger partial charge in [0.05, 0.1) is 11.8 Å². The quantitative estimate of drug-likeness (QED) is 0.327. The molecular weight excluding hydrogens is 454 g/mol. The number of carbonyl (C=O) groups excluding carboxylic acids is 1. The Morgan fingerprint density at radius 2 is 2.03 bits per heavy atom. The summed E-state index contributed by atoms with van der Waals surface area (Å²) in [6.07, 6.45) is 2.13. The summed E-state index contributed by atoms with van der Waals surface area (Å²) in [5.74, 6) is 1.08. The van der Waals surface area contributed by atoms with E-state index in [1.165, 1.54) is 11.3 Å². The molecule has 34 heavy (non-hydrogen) atoms. The van der Waals surface area contributed by atoms with Crippen molar-refractivity contribution < 1.29 is 19.7 Å². The number of amides is 1. The average molecular weight is 486 g/mol. The standard InChI is InChI=1S/C24H31N5O4S/c1-2-3-15-12-19(28-22-20(15)21(25)23(34-22)33-24(26)32)29-10-8-16(9-11-29)27-13-18(31)14-4-6-17(30)7-5-14/h4-7,12,16,18,27,30-31H,2-3,8-11,13,25H2,1H3,(H2,26,32). The molecule has 3 aromatic rings. The zero-order chi connectivity index (χ0) is 24.2. The maximum atomic E-state index is 11.2. The molecule has 1 unspecified atom stereocenters. The molecular formula is C24H31N5O4S. The van der Waals surface area contributed by atoms with Crippen molar-refractivity contribution in [3.8, 4) is 10.8 Å². The van der Waals surface area contributed by atoms with Crippen LogP contribution in [0.5, 0.6) is 10.8 Å². The van der Waals surface area contributed by atoms with E-state index in [1.807, 2.05) is 0 Å². The second-order valence-electron chi connectivity index (χ2n) is 8.57. The van der Waals surface area contributed by atoms with Crippen LogP contribution in [0.2, 0.25) is 0 Å². The Kier molecular flexibility index (Phi) is 7.40. The highest BCUT2D eigenvalue weighted by atomic mass is 32.1. The third kappa shape index (κ3) is 5.35. The van der Waals surface area contributed by atoms with E-state index in [0.29, 0.717) is 23.3 Å². The van der Waals surface area contributed by atoms with Crippen molar-refractivity contribution in [2.24, 2.45) is 5.73 Å². The van der Waals surface area contributed by atoms with Gasteiger partial charge in [-0.05, 0) is 48.6 Å². The number of aromatic nitrogens is 1. The zero-order valence-corrected chi connectivity index (χ0v) is 20.0. The normalized spacial score (nSPS) is 15.5. The molecule has 2 aromatic heterocycles. The number of fused-ring (bicyclic) bond motifs is 1. The molecule has 4 rings (SSSR count). The van der Waals surface area contributed by atoms with E-state index < -0.39 is 12.2 Å². The first-order chi connectivity index (χ1) is 16.4. The number of hydrogen-bond acceptors (Lipinski definition) is 9. The molecule has 1 aromatic carbocycles. The van der Waals surface area contributed by atoms with Gasteiger partial charge in [-0.3, -0.25) is 0 Å². The third-order valence-corrected chi connectivity index (χ3v) is 7.12. The lowest BCUT2D eigenvalue weighted by molar-refractivity contribution is 0.167. The van der Waals surface area contributed by atoms with Crippen LogP contribution in [0.4, 0.5) is 16.3 Å². The van der Waals surface area contributed by atoms with Crippen LogP contribution in [-0.4, -0.2) is 47.0 Å². The van der Waals surface area contributed by atoms with Gasteiger partial charge < -0.3 is 36.6 Å². The van der Waals surface area contributed by atoms with Gasteiger partial charge in [0.25, 0.3) is 0 Å². The fraction of sp³-hybridized carbons (Fsp3) is 0.417. The summed E-state index contributed by atoms with van der Waals surface area (Å²) < 4.78 is 5.08. The van der Waals surface area contributed by atoms with Crippen molar-refractivity contribution in [2.75, 3.05) is 30.3 Å². The number of aryl methyl sites for hydroxylation is 1. The van der Waals surface area contributed by atoms with Gasteiger partial charge in [0.1, 0.15) is 16.4 Å². The van der Waals surface area contributed by atoms with Crippen molar-refractivity contribution in [1.82, 2.24) is 10.3 Å². The number of nitrogens with two attached hydrogens (primary N) is 2. The fourth-order valence-electron chi connectivity index (χ4n) is 4.37. The van der Waals surface area contributed by atoms with Crippen LogP contribution in [-0.2, 0) is 6.42 Å². The fourth-order valence-corrected chi connectivity index (χ4v) is 5.36. The Hall–Kier alpha value is -3.08. The minimum absolute atomic E-state index is 0.187. The molecule has 0 saturated carbocycles. The van der Waals surface area contributed by atoms with Gasteiger partial charge in [0.15, 0.2) is 0 Å². The molecule has 3 heterocycles. The van der Waals surface area contributed by atoms with Crippen LogP contribution in [0.25, 0.3) is 10.2 Å². The molecule has 1 aliphatic heterocycles. The summed E-state index contributed by atoms with van der Waals surface area (Å²) >= 11 is 1.24. The molecule has 1 aliphatic rings. The number of aliphatic hydroxyl groups excluding tert-OH is 1. The number of phenolic OH excluding ortho intramolecular Hbond substituents is 1. The van der Waals surface area contributed by atoms with Crippen LogP contribution in [0.1, 0.15) is 43.4 Å². The summed E-state index contributed by atoms with van der Waals surface area (Å²) in [6, 6.07) is 9.02. The van der Waals surface area contributed by atoms with Crippen LogP contribution < -0.4 is 26.4 Å². The molecule has 9 nitrogen and oxygen atoms in total. The Morgan fingerprint density at radius 3 is 2.68 bits per heavy atom. The second kappa shape index (κ2) is 10.5. The molecule has 1 fully saturated rings. The number of carbonyl (C=O) groups is 1. The first kappa shape index (κ1) is 24.1. The number of nitrogens with one attached hydrogen (secondary N) is 1. The lowest BCUT2D eigenvalue weighted by Gasteiger charge is -2.34. The highest BCUT2D eigenvalue weighted by molar-refractivity contribution is 7.21. The molecule has 0 spiro atoms. The van der Waals surface area contributed by atoms with Crippen molar-refractivity contribution in [3.63, 3.8) is 0 Å². The predicted octanol–water partition coefficient (Wildman–Crippen LogP) is 3.29. The van der Waals surface area contributed by atoms with E-state index >= 15 is 0 Å². The smallest absolute Gasteiger partial charge is 0.410 e. The van der Waals surface area contributed by atoms with E-state index in [1.54, 1.807) is 24.3 Å².